The summed E-state index contributed by atoms with van der Waals surface area (Å²) in [5.41, 5.74) is 4.27. The zero-order valence-electron chi connectivity index (χ0n) is 30.8. The minimum absolute atomic E-state index is 0.0126. The third kappa shape index (κ3) is 8.71. The van der Waals surface area contributed by atoms with Crippen molar-refractivity contribution < 1.29 is 23.8 Å². The van der Waals surface area contributed by atoms with Gasteiger partial charge in [0.25, 0.3) is 0 Å². The minimum atomic E-state index is -0.675. The average molecular weight is 696 g/mol. The largest absolute Gasteiger partial charge is 0.485 e. The quantitative estimate of drug-likeness (QED) is 0.224. The van der Waals surface area contributed by atoms with Crippen molar-refractivity contribution in [3.05, 3.63) is 46.7 Å². The Hall–Kier alpha value is -2.58. The lowest BCUT2D eigenvalue weighted by Gasteiger charge is -2.55. The van der Waals surface area contributed by atoms with Crippen molar-refractivity contribution in [2.75, 3.05) is 46.4 Å². The molecule has 0 bridgehead atoms. The third-order valence-corrected chi connectivity index (χ3v) is 11.7. The summed E-state index contributed by atoms with van der Waals surface area (Å²) in [4.78, 5) is 23.0. The Morgan fingerprint density at radius 1 is 1.14 bits per heavy atom. The fraction of sp³-hybridized carbons (Fsp3) is 0.737. The first-order valence-corrected chi connectivity index (χ1v) is 19.1. The Morgan fingerprint density at radius 3 is 2.54 bits per heavy atom. The van der Waals surface area contributed by atoms with Gasteiger partial charge in [0.1, 0.15) is 18.6 Å². The zero-order chi connectivity index (χ0) is 35.1. The number of aliphatic hydroxyl groups excluding tert-OH is 1. The van der Waals surface area contributed by atoms with Gasteiger partial charge in [-0.15, -0.1) is 0 Å². The number of aromatic nitrogens is 1. The van der Waals surface area contributed by atoms with Crippen molar-refractivity contribution >= 4 is 5.91 Å². The van der Waals surface area contributed by atoms with Crippen LogP contribution in [0.15, 0.2) is 22.9 Å². The normalized spacial score (nSPS) is 25.5. The molecule has 1 spiro atoms. The molecule has 6 rings (SSSR count). The van der Waals surface area contributed by atoms with E-state index in [2.05, 4.69) is 63.0 Å². The van der Waals surface area contributed by atoms with Gasteiger partial charge in [-0.25, -0.2) is 4.98 Å². The van der Waals surface area contributed by atoms with Crippen molar-refractivity contribution in [3.8, 4) is 5.75 Å². The van der Waals surface area contributed by atoms with E-state index >= 15 is 0 Å². The molecule has 1 amide bonds. The standard InChI is InChI=1S/C38H61N7O5/c1-5-44(4)37-42-34(38(36(43-37)41-29-22-48-23-29)16-11-9-7-6-8-10-12-17-38)35(47)39-19-30(46)21-45-18-15-31-26(2)32(14-13-28(31)20-45)49-24-33-27(3)40-25-50-33/h13-14,25,29-30,34,36-37,41-43,46H,5-12,15-24H2,1-4H3,(H,39,47)/t30-,34?,36?,37?/m0/s1. The SMILES string of the molecule is CCN(C)C1NC(NC2COC2)C2(CCCCCCCCC2)C(C(=O)NC[C@H](O)CN2CCc3c(ccc(OCc4ocnc4C)c3C)C2)N1. The molecule has 50 heavy (non-hydrogen) atoms. The molecule has 3 aliphatic heterocycles. The van der Waals surface area contributed by atoms with Crippen LogP contribution in [0, 0.1) is 19.3 Å². The van der Waals surface area contributed by atoms with Crippen molar-refractivity contribution in [1.29, 1.82) is 0 Å². The topological polar surface area (TPSA) is 136 Å². The number of nitrogens with zero attached hydrogens (tertiary/aromatic N) is 3. The lowest BCUT2D eigenvalue weighted by molar-refractivity contribution is -0.135. The van der Waals surface area contributed by atoms with E-state index in [9.17, 15) is 9.90 Å². The Kier molecular flexibility index (Phi) is 12.9. The first kappa shape index (κ1) is 37.2. The summed E-state index contributed by atoms with van der Waals surface area (Å²) in [5.74, 6) is 1.59. The second kappa shape index (κ2) is 17.3. The van der Waals surface area contributed by atoms with E-state index in [0.717, 1.165) is 74.5 Å². The van der Waals surface area contributed by atoms with Gasteiger partial charge in [-0.1, -0.05) is 57.9 Å². The highest BCUT2D eigenvalue weighted by Gasteiger charge is 2.53. The van der Waals surface area contributed by atoms with Crippen LogP contribution in [0.1, 0.15) is 92.9 Å². The molecular weight excluding hydrogens is 634 g/mol. The van der Waals surface area contributed by atoms with Crippen LogP contribution in [0.25, 0.3) is 0 Å². The summed E-state index contributed by atoms with van der Waals surface area (Å²) in [7, 11) is 2.09. The minimum Gasteiger partial charge on any atom is -0.485 e. The van der Waals surface area contributed by atoms with Gasteiger partial charge in [-0.05, 0) is 69.5 Å². The smallest absolute Gasteiger partial charge is 0.238 e. The van der Waals surface area contributed by atoms with Crippen LogP contribution in [0.3, 0.4) is 0 Å². The fourth-order valence-corrected chi connectivity index (χ4v) is 8.39. The molecule has 4 aliphatic rings. The van der Waals surface area contributed by atoms with E-state index in [1.54, 1.807) is 0 Å². The van der Waals surface area contributed by atoms with Gasteiger partial charge < -0.3 is 24.3 Å². The molecule has 5 N–H and O–H groups in total. The van der Waals surface area contributed by atoms with Crippen LogP contribution in [0.4, 0.5) is 0 Å². The molecule has 12 nitrogen and oxygen atoms in total. The number of benzene rings is 1. The number of hydrogen-bond acceptors (Lipinski definition) is 11. The second-order valence-electron chi connectivity index (χ2n) is 15.1. The van der Waals surface area contributed by atoms with Gasteiger partial charge >= 0.3 is 0 Å². The molecular formula is C38H61N7O5. The first-order chi connectivity index (χ1) is 24.3. The molecule has 1 saturated carbocycles. The van der Waals surface area contributed by atoms with Crippen LogP contribution >= 0.6 is 0 Å². The molecule has 4 heterocycles. The number of aryl methyl sites for hydroxylation is 1. The molecule has 2 aromatic rings. The number of carbonyl (C=O) groups is 1. The molecule has 4 atom stereocenters. The molecule has 2 saturated heterocycles. The Morgan fingerprint density at radius 2 is 1.88 bits per heavy atom. The predicted molar refractivity (Wildman–Crippen MR) is 192 cm³/mol. The van der Waals surface area contributed by atoms with Crippen molar-refractivity contribution in [2.45, 2.75) is 129 Å². The molecule has 278 valence electrons. The lowest BCUT2D eigenvalue weighted by Crippen LogP contribution is -2.79. The highest BCUT2D eigenvalue weighted by Crippen LogP contribution is 2.42. The average Bonchev–Trinajstić information content (AvgIpc) is 3.52. The maximum absolute atomic E-state index is 14.4. The number of carbonyl (C=O) groups excluding carboxylic acids is 1. The Balaban J connectivity index is 1.09. The van der Waals surface area contributed by atoms with Gasteiger partial charge in [0.05, 0.1) is 43.3 Å². The number of β-amino-alcohol motifs (C(OH)–C–C–N with tert-alkyl or cyclic N) is 1. The van der Waals surface area contributed by atoms with Gasteiger partial charge in [-0.3, -0.25) is 30.5 Å². The fourth-order valence-electron chi connectivity index (χ4n) is 8.39. The van der Waals surface area contributed by atoms with E-state index in [0.29, 0.717) is 26.4 Å². The third-order valence-electron chi connectivity index (χ3n) is 11.7. The van der Waals surface area contributed by atoms with Crippen molar-refractivity contribution in [2.24, 2.45) is 5.41 Å². The predicted octanol–water partition coefficient (Wildman–Crippen LogP) is 3.33. The van der Waals surface area contributed by atoms with Crippen LogP contribution in [0.5, 0.6) is 5.75 Å². The van der Waals surface area contributed by atoms with Crippen LogP contribution in [-0.4, -0.2) is 103 Å². The van der Waals surface area contributed by atoms with E-state index in [1.165, 1.54) is 49.6 Å². The van der Waals surface area contributed by atoms with Crippen LogP contribution < -0.4 is 26.0 Å². The monoisotopic (exact) mass is 695 g/mol. The molecule has 1 aromatic carbocycles. The van der Waals surface area contributed by atoms with Gasteiger partial charge in [-0.2, -0.15) is 0 Å². The summed E-state index contributed by atoms with van der Waals surface area (Å²) >= 11 is 0. The van der Waals surface area contributed by atoms with E-state index in [1.807, 2.05) is 13.0 Å². The van der Waals surface area contributed by atoms with Crippen molar-refractivity contribution in [3.63, 3.8) is 0 Å². The van der Waals surface area contributed by atoms with Gasteiger partial charge in [0, 0.05) is 31.6 Å². The molecule has 3 unspecified atom stereocenters. The second-order valence-corrected chi connectivity index (χ2v) is 15.1. The Bertz CT molecular complexity index is 1390. The molecule has 1 aliphatic carbocycles. The Labute approximate surface area is 298 Å². The van der Waals surface area contributed by atoms with Gasteiger partial charge in [0.2, 0.25) is 5.91 Å². The summed E-state index contributed by atoms with van der Waals surface area (Å²) in [6, 6.07) is 4.07. The first-order valence-electron chi connectivity index (χ1n) is 19.1. The summed E-state index contributed by atoms with van der Waals surface area (Å²) < 4.78 is 17.1. The van der Waals surface area contributed by atoms with E-state index < -0.39 is 6.10 Å². The summed E-state index contributed by atoms with van der Waals surface area (Å²) in [5, 5.41) is 26.0. The van der Waals surface area contributed by atoms with E-state index in [-0.39, 0.29) is 42.4 Å². The number of aliphatic hydroxyl groups is 1. The lowest BCUT2D eigenvalue weighted by atomic mass is 9.67. The van der Waals surface area contributed by atoms with Gasteiger partial charge in [0.15, 0.2) is 12.2 Å². The maximum atomic E-state index is 14.4. The number of ether oxygens (including phenoxy) is 2. The molecule has 0 radical (unpaired) electrons. The van der Waals surface area contributed by atoms with E-state index in [4.69, 9.17) is 13.9 Å². The number of rotatable bonds is 12. The number of hydrogen-bond donors (Lipinski definition) is 5. The molecule has 3 fully saturated rings. The number of amides is 1. The molecule has 1 aromatic heterocycles. The number of oxazole rings is 1. The summed E-state index contributed by atoms with van der Waals surface area (Å²) in [6.45, 7) is 11.1. The van der Waals surface area contributed by atoms with Crippen molar-refractivity contribution in [1.82, 2.24) is 36.1 Å². The van der Waals surface area contributed by atoms with Crippen LogP contribution in [0.2, 0.25) is 0 Å². The van der Waals surface area contributed by atoms with Crippen LogP contribution in [-0.2, 0) is 29.1 Å². The highest BCUT2D eigenvalue weighted by atomic mass is 16.5. The summed E-state index contributed by atoms with van der Waals surface area (Å²) in [6.07, 6.45) is 11.9. The zero-order valence-corrected chi connectivity index (χ0v) is 30.8. The highest BCUT2D eigenvalue weighted by molar-refractivity contribution is 5.83. The number of fused-ring (bicyclic) bond motifs is 1. The number of nitrogens with one attached hydrogen (secondary N) is 4. The maximum Gasteiger partial charge on any atom is 0.238 e. The molecule has 12 heteroatoms.